The number of aromatic nitrogens is 2. The lowest BCUT2D eigenvalue weighted by Gasteiger charge is -2.17. The zero-order valence-corrected chi connectivity index (χ0v) is 12.5. The van der Waals surface area contributed by atoms with Crippen molar-refractivity contribution in [1.82, 2.24) is 9.55 Å². The highest BCUT2D eigenvalue weighted by atomic mass is 16.1. The molecule has 1 unspecified atom stereocenters. The Morgan fingerprint density at radius 2 is 1.85 bits per heavy atom. The van der Waals surface area contributed by atoms with Gasteiger partial charge in [-0.3, -0.25) is 4.57 Å². The van der Waals surface area contributed by atoms with Crippen molar-refractivity contribution in [1.29, 1.82) is 0 Å². The Labute approximate surface area is 119 Å². The summed E-state index contributed by atoms with van der Waals surface area (Å²) in [5, 5.41) is 0. The van der Waals surface area contributed by atoms with E-state index in [9.17, 15) is 4.79 Å². The van der Waals surface area contributed by atoms with Crippen molar-refractivity contribution in [3.63, 3.8) is 0 Å². The summed E-state index contributed by atoms with van der Waals surface area (Å²) in [5.74, 6) is 0. The highest BCUT2D eigenvalue weighted by Gasteiger charge is 2.11. The third-order valence-electron chi connectivity index (χ3n) is 3.68. The van der Waals surface area contributed by atoms with Crippen LogP contribution >= 0.6 is 0 Å². The summed E-state index contributed by atoms with van der Waals surface area (Å²) in [6, 6.07) is 7.86. The number of hydrogen-bond acceptors (Lipinski definition) is 3. The van der Waals surface area contributed by atoms with E-state index in [1.54, 1.807) is 4.57 Å². The van der Waals surface area contributed by atoms with Crippen LogP contribution in [-0.2, 0) is 6.54 Å². The first kappa shape index (κ1) is 14.5. The largest absolute Gasteiger partial charge is 0.348 e. The van der Waals surface area contributed by atoms with Gasteiger partial charge in [-0.15, -0.1) is 0 Å². The van der Waals surface area contributed by atoms with Crippen molar-refractivity contribution in [2.24, 2.45) is 5.73 Å². The third kappa shape index (κ3) is 2.96. The molecule has 0 saturated heterocycles. The van der Waals surface area contributed by atoms with Crippen molar-refractivity contribution in [2.45, 2.75) is 40.3 Å². The Balaban J connectivity index is 2.30. The molecule has 4 heteroatoms. The number of rotatable bonds is 3. The third-order valence-corrected chi connectivity index (χ3v) is 3.68. The van der Waals surface area contributed by atoms with Gasteiger partial charge in [-0.05, 0) is 50.5 Å². The lowest BCUT2D eigenvalue weighted by atomic mass is 10.0. The predicted molar refractivity (Wildman–Crippen MR) is 80.8 cm³/mol. The Morgan fingerprint density at radius 1 is 1.15 bits per heavy atom. The molecule has 1 aromatic heterocycles. The van der Waals surface area contributed by atoms with Crippen LogP contribution in [0.25, 0.3) is 0 Å². The van der Waals surface area contributed by atoms with Crippen LogP contribution in [0.4, 0.5) is 0 Å². The second kappa shape index (κ2) is 5.59. The van der Waals surface area contributed by atoms with Gasteiger partial charge in [-0.2, -0.15) is 4.98 Å². The van der Waals surface area contributed by atoms with E-state index in [4.69, 9.17) is 5.73 Å². The lowest BCUT2D eigenvalue weighted by molar-refractivity contribution is 0.538. The molecule has 4 nitrogen and oxygen atoms in total. The van der Waals surface area contributed by atoms with Crippen molar-refractivity contribution in [3.05, 3.63) is 62.8 Å². The van der Waals surface area contributed by atoms with Gasteiger partial charge < -0.3 is 5.73 Å². The lowest BCUT2D eigenvalue weighted by Crippen LogP contribution is -2.30. The molecule has 2 aromatic rings. The first-order chi connectivity index (χ1) is 9.38. The second-order valence-corrected chi connectivity index (χ2v) is 5.38. The topological polar surface area (TPSA) is 60.9 Å². The normalized spacial score (nSPS) is 12.4. The number of nitrogens with two attached hydrogens (primary N) is 1. The fraction of sp³-hybridized carbons (Fsp3) is 0.375. The number of aryl methyl sites for hydroxylation is 4. The molecule has 0 bridgehead atoms. The van der Waals surface area contributed by atoms with Gasteiger partial charge in [0, 0.05) is 24.0 Å². The minimum Gasteiger partial charge on any atom is -0.322 e. The molecule has 20 heavy (non-hydrogen) atoms. The highest BCUT2D eigenvalue weighted by molar-refractivity contribution is 5.31. The van der Waals surface area contributed by atoms with Crippen molar-refractivity contribution in [3.8, 4) is 0 Å². The van der Waals surface area contributed by atoms with Crippen molar-refractivity contribution >= 4 is 0 Å². The van der Waals surface area contributed by atoms with Gasteiger partial charge in [0.15, 0.2) is 0 Å². The van der Waals surface area contributed by atoms with Crippen LogP contribution in [0.3, 0.4) is 0 Å². The van der Waals surface area contributed by atoms with E-state index in [0.29, 0.717) is 6.54 Å². The fourth-order valence-corrected chi connectivity index (χ4v) is 2.29. The molecule has 106 valence electrons. The second-order valence-electron chi connectivity index (χ2n) is 5.38. The van der Waals surface area contributed by atoms with Gasteiger partial charge >= 0.3 is 5.69 Å². The molecule has 2 N–H and O–H groups in total. The summed E-state index contributed by atoms with van der Waals surface area (Å²) in [5.41, 5.74) is 11.1. The summed E-state index contributed by atoms with van der Waals surface area (Å²) >= 11 is 0. The molecule has 0 aliphatic heterocycles. The molecule has 1 aromatic carbocycles. The molecule has 1 heterocycles. The van der Waals surface area contributed by atoms with Crippen LogP contribution in [0.1, 0.15) is 34.1 Å². The smallest absolute Gasteiger partial charge is 0.322 e. The Bertz CT molecular complexity index is 689. The van der Waals surface area contributed by atoms with E-state index in [1.165, 1.54) is 11.1 Å². The molecule has 0 aliphatic carbocycles. The van der Waals surface area contributed by atoms with Crippen LogP contribution in [0.2, 0.25) is 0 Å². The van der Waals surface area contributed by atoms with Crippen molar-refractivity contribution in [2.75, 3.05) is 0 Å². The van der Waals surface area contributed by atoms with Crippen LogP contribution in [-0.4, -0.2) is 9.55 Å². The van der Waals surface area contributed by atoms with Crippen LogP contribution in [0.15, 0.2) is 29.1 Å². The average molecular weight is 271 g/mol. The summed E-state index contributed by atoms with van der Waals surface area (Å²) in [7, 11) is 0. The molecule has 0 saturated carbocycles. The minimum atomic E-state index is -0.234. The van der Waals surface area contributed by atoms with Crippen LogP contribution < -0.4 is 11.4 Å². The monoisotopic (exact) mass is 271 g/mol. The van der Waals surface area contributed by atoms with Gasteiger partial charge in [-0.1, -0.05) is 18.2 Å². The van der Waals surface area contributed by atoms with Gasteiger partial charge in [0.25, 0.3) is 0 Å². The number of benzene rings is 1. The van der Waals surface area contributed by atoms with E-state index in [2.05, 4.69) is 31.0 Å². The molecule has 0 aliphatic rings. The van der Waals surface area contributed by atoms with Crippen LogP contribution in [0.5, 0.6) is 0 Å². The van der Waals surface area contributed by atoms with E-state index >= 15 is 0 Å². The summed E-state index contributed by atoms with van der Waals surface area (Å²) in [6.45, 7) is 8.31. The number of nitrogens with zero attached hydrogens (tertiary/aromatic N) is 2. The number of hydrogen-bond donors (Lipinski definition) is 1. The van der Waals surface area contributed by atoms with E-state index in [0.717, 1.165) is 17.0 Å². The Hall–Kier alpha value is -1.94. The SMILES string of the molecule is Cc1cc(C)n(CC(N)c2ccc(C)c(C)c2)c(=O)n1. The van der Waals surface area contributed by atoms with Gasteiger partial charge in [-0.25, -0.2) is 4.79 Å². The minimum absolute atomic E-state index is 0.213. The first-order valence-corrected chi connectivity index (χ1v) is 6.76. The summed E-state index contributed by atoms with van der Waals surface area (Å²) < 4.78 is 1.63. The standard InChI is InChI=1S/C16H21N3O/c1-10-5-6-14(7-11(10)2)15(17)9-19-13(4)8-12(3)18-16(19)20/h5-8,15H,9,17H2,1-4H3. The van der Waals surface area contributed by atoms with E-state index in [1.807, 2.05) is 26.0 Å². The van der Waals surface area contributed by atoms with Crippen LogP contribution in [0, 0.1) is 27.7 Å². The molecule has 0 spiro atoms. The fourth-order valence-electron chi connectivity index (χ4n) is 2.29. The maximum Gasteiger partial charge on any atom is 0.348 e. The van der Waals surface area contributed by atoms with Gasteiger partial charge in [0.1, 0.15) is 0 Å². The predicted octanol–water partition coefficient (Wildman–Crippen LogP) is 2.18. The zero-order chi connectivity index (χ0) is 14.9. The van der Waals surface area contributed by atoms with Gasteiger partial charge in [0.05, 0.1) is 0 Å². The average Bonchev–Trinajstić information content (AvgIpc) is 2.36. The van der Waals surface area contributed by atoms with Crippen molar-refractivity contribution < 1.29 is 0 Å². The molecule has 0 fully saturated rings. The molecular weight excluding hydrogens is 250 g/mol. The molecule has 0 radical (unpaired) electrons. The Morgan fingerprint density at radius 3 is 2.45 bits per heavy atom. The molecular formula is C16H21N3O. The molecule has 0 amide bonds. The highest BCUT2D eigenvalue weighted by Crippen LogP contribution is 2.17. The maximum atomic E-state index is 11.9. The quantitative estimate of drug-likeness (QED) is 0.930. The molecule has 2 rings (SSSR count). The zero-order valence-electron chi connectivity index (χ0n) is 12.5. The van der Waals surface area contributed by atoms with Gasteiger partial charge in [0.2, 0.25) is 0 Å². The van der Waals surface area contributed by atoms with E-state index < -0.39 is 0 Å². The maximum absolute atomic E-state index is 11.9. The summed E-state index contributed by atoms with van der Waals surface area (Å²) in [6.07, 6.45) is 0. The molecule has 1 atom stereocenters. The Kier molecular flexibility index (Phi) is 4.04. The van der Waals surface area contributed by atoms with E-state index in [-0.39, 0.29) is 11.7 Å². The first-order valence-electron chi connectivity index (χ1n) is 6.76. The summed E-state index contributed by atoms with van der Waals surface area (Å²) in [4.78, 5) is 15.9.